The zero-order chi connectivity index (χ0) is 17.7. The number of nitrogens with one attached hydrogen (secondary N) is 2. The molecular weight excluding hydrogens is 304 g/mol. The van der Waals surface area contributed by atoms with Gasteiger partial charge < -0.3 is 10.6 Å². The van der Waals surface area contributed by atoms with Crippen molar-refractivity contribution in [3.05, 3.63) is 64.2 Å². The first-order valence-electron chi connectivity index (χ1n) is 7.08. The van der Waals surface area contributed by atoms with Crippen LogP contribution in [-0.4, -0.2) is 18.9 Å². The van der Waals surface area contributed by atoms with Crippen molar-refractivity contribution in [3.8, 4) is 12.1 Å². The topological polar surface area (TPSA) is 106 Å². The first-order chi connectivity index (χ1) is 11.5. The van der Waals surface area contributed by atoms with E-state index in [1.54, 1.807) is 25.1 Å². The molecule has 0 heterocycles. The molecule has 2 amide bonds. The summed E-state index contributed by atoms with van der Waals surface area (Å²) in [6, 6.07) is 13.1. The van der Waals surface area contributed by atoms with Crippen LogP contribution in [0.15, 0.2) is 36.4 Å². The molecule has 0 radical (unpaired) electrons. The monoisotopic (exact) mass is 318 g/mol. The maximum atomic E-state index is 12.4. The Balaban J connectivity index is 2.36. The Hall–Kier alpha value is -3.64. The molecule has 0 saturated carbocycles. The summed E-state index contributed by atoms with van der Waals surface area (Å²) < 4.78 is 0. The van der Waals surface area contributed by atoms with E-state index < -0.39 is 5.91 Å². The van der Waals surface area contributed by atoms with Crippen molar-refractivity contribution in [2.24, 2.45) is 0 Å². The Kier molecular flexibility index (Phi) is 4.93. The number of hydrogen-bond acceptors (Lipinski definition) is 4. The molecule has 118 valence electrons. The summed E-state index contributed by atoms with van der Waals surface area (Å²) in [5.41, 5.74) is 2.34. The predicted molar refractivity (Wildman–Crippen MR) is 88.4 cm³/mol. The van der Waals surface area contributed by atoms with Gasteiger partial charge in [-0.05, 0) is 48.9 Å². The molecule has 24 heavy (non-hydrogen) atoms. The molecule has 0 fully saturated rings. The van der Waals surface area contributed by atoms with Crippen LogP contribution in [0.1, 0.15) is 37.4 Å². The Labute approximate surface area is 139 Å². The van der Waals surface area contributed by atoms with E-state index in [1.807, 2.05) is 12.1 Å². The number of rotatable bonds is 3. The third kappa shape index (κ3) is 3.40. The maximum Gasteiger partial charge on any atom is 0.255 e. The van der Waals surface area contributed by atoms with Crippen LogP contribution in [-0.2, 0) is 0 Å². The van der Waals surface area contributed by atoms with E-state index in [2.05, 4.69) is 10.6 Å². The Morgan fingerprint density at radius 3 is 2.33 bits per heavy atom. The lowest BCUT2D eigenvalue weighted by atomic mass is 10.0. The second kappa shape index (κ2) is 7.08. The largest absolute Gasteiger partial charge is 0.355 e. The lowest BCUT2D eigenvalue weighted by molar-refractivity contribution is 0.0961. The third-order valence-electron chi connectivity index (χ3n) is 3.48. The van der Waals surface area contributed by atoms with Gasteiger partial charge in [0.25, 0.3) is 11.8 Å². The number of aryl methyl sites for hydroxylation is 1. The number of nitrogens with zero attached hydrogens (tertiary/aromatic N) is 2. The molecular formula is C18H14N4O2. The van der Waals surface area contributed by atoms with Crippen LogP contribution in [0.5, 0.6) is 0 Å². The van der Waals surface area contributed by atoms with Gasteiger partial charge in [-0.15, -0.1) is 0 Å². The van der Waals surface area contributed by atoms with Gasteiger partial charge in [0.2, 0.25) is 0 Å². The summed E-state index contributed by atoms with van der Waals surface area (Å²) in [6.45, 7) is 1.72. The predicted octanol–water partition coefficient (Wildman–Crippen LogP) is 2.35. The standard InChI is InChI=1S/C18H14N4O2/c1-11-7-12(9-19)3-6-15(11)18(24)22-16-8-13(17(23)21-2)4-5-14(16)10-20/h3-8H,1-2H3,(H,21,23)(H,22,24). The SMILES string of the molecule is CNC(=O)c1ccc(C#N)c(NC(=O)c2ccc(C#N)cc2C)c1. The first kappa shape index (κ1) is 16.7. The van der Waals surface area contributed by atoms with Gasteiger partial charge in [0.15, 0.2) is 0 Å². The van der Waals surface area contributed by atoms with Gasteiger partial charge in [0.1, 0.15) is 6.07 Å². The van der Waals surface area contributed by atoms with E-state index in [-0.39, 0.29) is 17.2 Å². The summed E-state index contributed by atoms with van der Waals surface area (Å²) >= 11 is 0. The maximum absolute atomic E-state index is 12.4. The molecule has 0 aliphatic rings. The van der Waals surface area contributed by atoms with Gasteiger partial charge in [-0.3, -0.25) is 9.59 Å². The van der Waals surface area contributed by atoms with Crippen LogP contribution < -0.4 is 10.6 Å². The normalized spacial score (nSPS) is 9.50. The molecule has 0 saturated heterocycles. The summed E-state index contributed by atoms with van der Waals surface area (Å²) in [6.07, 6.45) is 0. The number of amides is 2. The van der Waals surface area contributed by atoms with Crippen molar-refractivity contribution in [3.63, 3.8) is 0 Å². The van der Waals surface area contributed by atoms with Crippen molar-refractivity contribution in [2.75, 3.05) is 12.4 Å². The smallest absolute Gasteiger partial charge is 0.255 e. The van der Waals surface area contributed by atoms with Gasteiger partial charge >= 0.3 is 0 Å². The van der Waals surface area contributed by atoms with Crippen molar-refractivity contribution in [2.45, 2.75) is 6.92 Å². The lowest BCUT2D eigenvalue weighted by Gasteiger charge is -2.10. The molecule has 2 N–H and O–H groups in total. The minimum Gasteiger partial charge on any atom is -0.355 e. The van der Waals surface area contributed by atoms with Gasteiger partial charge in [0.05, 0.1) is 22.9 Å². The van der Waals surface area contributed by atoms with E-state index in [1.165, 1.54) is 25.2 Å². The molecule has 0 aliphatic heterocycles. The van der Waals surface area contributed by atoms with Gasteiger partial charge in [-0.1, -0.05) is 0 Å². The summed E-state index contributed by atoms with van der Waals surface area (Å²) in [4.78, 5) is 24.2. The fourth-order valence-electron chi connectivity index (χ4n) is 2.21. The van der Waals surface area contributed by atoms with E-state index in [9.17, 15) is 14.9 Å². The van der Waals surface area contributed by atoms with Crippen molar-refractivity contribution in [1.29, 1.82) is 10.5 Å². The highest BCUT2D eigenvalue weighted by Gasteiger charge is 2.14. The van der Waals surface area contributed by atoms with E-state index in [0.29, 0.717) is 22.3 Å². The van der Waals surface area contributed by atoms with Crippen LogP contribution in [0.2, 0.25) is 0 Å². The average molecular weight is 318 g/mol. The second-order valence-corrected chi connectivity index (χ2v) is 5.05. The average Bonchev–Trinajstić information content (AvgIpc) is 2.60. The van der Waals surface area contributed by atoms with Crippen molar-refractivity contribution in [1.82, 2.24) is 5.32 Å². The second-order valence-electron chi connectivity index (χ2n) is 5.05. The number of carbonyl (C=O) groups excluding carboxylic acids is 2. The zero-order valence-corrected chi connectivity index (χ0v) is 13.2. The van der Waals surface area contributed by atoms with E-state index in [0.717, 1.165) is 0 Å². The molecule has 6 nitrogen and oxygen atoms in total. The zero-order valence-electron chi connectivity index (χ0n) is 13.2. The molecule has 0 bridgehead atoms. The summed E-state index contributed by atoms with van der Waals surface area (Å²) in [7, 11) is 1.50. The molecule has 0 unspecified atom stereocenters. The highest BCUT2D eigenvalue weighted by Crippen LogP contribution is 2.19. The van der Waals surface area contributed by atoms with Crippen LogP contribution in [0, 0.1) is 29.6 Å². The number of nitriles is 2. The minimum absolute atomic E-state index is 0.252. The number of anilines is 1. The molecule has 0 atom stereocenters. The summed E-state index contributed by atoms with van der Waals surface area (Å²) in [5.74, 6) is -0.730. The Morgan fingerprint density at radius 1 is 1.00 bits per heavy atom. The molecule has 2 aromatic rings. The summed E-state index contributed by atoms with van der Waals surface area (Å²) in [5, 5.41) is 23.2. The molecule has 2 aromatic carbocycles. The molecule has 6 heteroatoms. The Morgan fingerprint density at radius 2 is 1.75 bits per heavy atom. The lowest BCUT2D eigenvalue weighted by Crippen LogP contribution is -2.19. The highest BCUT2D eigenvalue weighted by molar-refractivity contribution is 6.06. The quantitative estimate of drug-likeness (QED) is 0.906. The van der Waals surface area contributed by atoms with Gasteiger partial charge in [0, 0.05) is 18.2 Å². The fraction of sp³-hybridized carbons (Fsp3) is 0.111. The molecule has 2 rings (SSSR count). The van der Waals surface area contributed by atoms with Crippen LogP contribution in [0.25, 0.3) is 0 Å². The third-order valence-corrected chi connectivity index (χ3v) is 3.48. The van der Waals surface area contributed by atoms with E-state index >= 15 is 0 Å². The van der Waals surface area contributed by atoms with E-state index in [4.69, 9.17) is 5.26 Å². The minimum atomic E-state index is -0.414. The molecule has 0 aliphatic carbocycles. The van der Waals surface area contributed by atoms with Crippen LogP contribution in [0.3, 0.4) is 0 Å². The highest BCUT2D eigenvalue weighted by atomic mass is 16.2. The van der Waals surface area contributed by atoms with Crippen LogP contribution >= 0.6 is 0 Å². The van der Waals surface area contributed by atoms with Crippen LogP contribution in [0.4, 0.5) is 5.69 Å². The number of carbonyl (C=O) groups is 2. The van der Waals surface area contributed by atoms with Crippen molar-refractivity contribution < 1.29 is 9.59 Å². The fourth-order valence-corrected chi connectivity index (χ4v) is 2.21. The van der Waals surface area contributed by atoms with Gasteiger partial charge in [-0.2, -0.15) is 10.5 Å². The van der Waals surface area contributed by atoms with Gasteiger partial charge in [-0.25, -0.2) is 0 Å². The molecule has 0 aromatic heterocycles. The first-order valence-corrected chi connectivity index (χ1v) is 7.08. The molecule has 0 spiro atoms. The van der Waals surface area contributed by atoms with Crippen molar-refractivity contribution >= 4 is 17.5 Å². The number of hydrogen-bond donors (Lipinski definition) is 2. The Bertz CT molecular complexity index is 904. The number of benzene rings is 2.